The molecule has 3 aromatic rings. The van der Waals surface area contributed by atoms with E-state index in [0.29, 0.717) is 57.1 Å². The zero-order valence-corrected chi connectivity index (χ0v) is 27.2. The number of ether oxygens (including phenoxy) is 1. The third kappa shape index (κ3) is 6.67. The Hall–Kier alpha value is -2.79. The zero-order chi connectivity index (χ0) is 30.1. The summed E-state index contributed by atoms with van der Waals surface area (Å²) >= 11 is 2.24. The molecule has 2 aromatic carbocycles. The van der Waals surface area contributed by atoms with Gasteiger partial charge in [-0.1, -0.05) is 23.8 Å². The first-order valence-corrected chi connectivity index (χ1v) is 16.5. The SMILES string of the molecule is C/C=C(\C)CCC1(COCc2nc3c(c(N4CCCC(F)CC4)n2)CN(C(=O)c2cc(O)cc4cccc(I)c24)C3)CC1. The van der Waals surface area contributed by atoms with Gasteiger partial charge in [-0.15, -0.1) is 0 Å². The van der Waals surface area contributed by atoms with E-state index in [9.17, 15) is 14.3 Å². The Morgan fingerprint density at radius 2 is 2.05 bits per heavy atom. The quantitative estimate of drug-likeness (QED) is 0.185. The van der Waals surface area contributed by atoms with E-state index in [1.807, 2.05) is 18.2 Å². The Bertz CT molecular complexity index is 1560. The van der Waals surface area contributed by atoms with Crippen LogP contribution in [0.2, 0.25) is 0 Å². The Labute approximate surface area is 266 Å². The summed E-state index contributed by atoms with van der Waals surface area (Å²) in [4.78, 5) is 27.8. The molecule has 1 atom stereocenters. The topological polar surface area (TPSA) is 78.8 Å². The molecule has 3 aliphatic rings. The molecule has 1 unspecified atom stereocenters. The average molecular weight is 699 g/mol. The highest BCUT2D eigenvalue weighted by atomic mass is 127. The van der Waals surface area contributed by atoms with Crippen molar-refractivity contribution in [1.82, 2.24) is 14.9 Å². The molecule has 7 nitrogen and oxygen atoms in total. The number of aromatic nitrogens is 2. The molecule has 1 N–H and O–H groups in total. The molecule has 228 valence electrons. The van der Waals surface area contributed by atoms with Crippen molar-refractivity contribution in [3.05, 3.63) is 68.2 Å². The van der Waals surface area contributed by atoms with Crippen LogP contribution in [0.15, 0.2) is 42.0 Å². The van der Waals surface area contributed by atoms with Crippen molar-refractivity contribution < 1.29 is 19.0 Å². The number of alkyl halides is 1. The number of rotatable bonds is 9. The fourth-order valence-electron chi connectivity index (χ4n) is 6.34. The van der Waals surface area contributed by atoms with Gasteiger partial charge in [-0.2, -0.15) is 0 Å². The molecule has 1 saturated carbocycles. The van der Waals surface area contributed by atoms with Gasteiger partial charge in [0.1, 0.15) is 24.3 Å². The standard InChI is InChI=1S/C34H40FIN4O3/c1-3-22(2)9-11-34(12-13-34)21-43-20-30-37-29-19-40(18-27(29)32(38-30)39-14-5-7-24(35)10-15-39)33(42)26-17-25(41)16-23-6-4-8-28(36)31(23)26/h3-4,6,8,16-17,24,41H,5,7,9-15,18-21H2,1-2H3/b22-3+. The number of benzene rings is 2. The Kier molecular flexibility index (Phi) is 8.91. The average Bonchev–Trinajstić information content (AvgIpc) is 3.69. The van der Waals surface area contributed by atoms with E-state index < -0.39 is 6.17 Å². The summed E-state index contributed by atoms with van der Waals surface area (Å²) in [7, 11) is 0. The number of carbonyl (C=O) groups excluding carboxylic acids is 1. The number of nitrogens with zero attached hydrogens (tertiary/aromatic N) is 4. The van der Waals surface area contributed by atoms with E-state index in [0.717, 1.165) is 57.2 Å². The summed E-state index contributed by atoms with van der Waals surface area (Å²) in [5.41, 5.74) is 3.90. The maximum absolute atomic E-state index is 14.3. The molecule has 2 aliphatic heterocycles. The van der Waals surface area contributed by atoms with Crippen LogP contribution in [-0.2, 0) is 24.4 Å². The number of aromatic hydroxyl groups is 1. The number of phenols is 1. The lowest BCUT2D eigenvalue weighted by Gasteiger charge is -2.24. The number of phenolic OH excluding ortho intramolecular Hbond substituents is 1. The van der Waals surface area contributed by atoms with Crippen LogP contribution in [0.25, 0.3) is 10.8 Å². The number of halogens is 2. The lowest BCUT2D eigenvalue weighted by Crippen LogP contribution is -2.28. The van der Waals surface area contributed by atoms with Crippen LogP contribution in [0.4, 0.5) is 10.2 Å². The summed E-state index contributed by atoms with van der Waals surface area (Å²) in [5.74, 6) is 1.32. The number of carbonyl (C=O) groups is 1. The second-order valence-electron chi connectivity index (χ2n) is 12.5. The Balaban J connectivity index is 1.25. The van der Waals surface area contributed by atoms with Crippen molar-refractivity contribution in [2.75, 3.05) is 24.6 Å². The minimum absolute atomic E-state index is 0.0640. The number of hydrogen-bond acceptors (Lipinski definition) is 6. The van der Waals surface area contributed by atoms with Gasteiger partial charge in [0.25, 0.3) is 5.91 Å². The first-order chi connectivity index (χ1) is 20.7. The van der Waals surface area contributed by atoms with Gasteiger partial charge in [-0.25, -0.2) is 14.4 Å². The van der Waals surface area contributed by atoms with E-state index in [2.05, 4.69) is 47.4 Å². The van der Waals surface area contributed by atoms with Gasteiger partial charge in [-0.05, 0) is 110 Å². The molecule has 6 rings (SSSR count). The minimum Gasteiger partial charge on any atom is -0.508 e. The molecule has 1 saturated heterocycles. The third-order valence-electron chi connectivity index (χ3n) is 9.33. The van der Waals surface area contributed by atoms with Crippen molar-refractivity contribution >= 4 is 45.1 Å². The van der Waals surface area contributed by atoms with Gasteiger partial charge in [0.15, 0.2) is 5.82 Å². The molecular formula is C34H40FIN4O3. The first-order valence-electron chi connectivity index (χ1n) is 15.4. The van der Waals surface area contributed by atoms with E-state index in [1.54, 1.807) is 17.0 Å². The summed E-state index contributed by atoms with van der Waals surface area (Å²) in [5, 5.41) is 12.1. The van der Waals surface area contributed by atoms with Crippen molar-refractivity contribution in [2.24, 2.45) is 5.41 Å². The summed E-state index contributed by atoms with van der Waals surface area (Å²) in [6, 6.07) is 9.05. The molecule has 1 aliphatic carbocycles. The second-order valence-corrected chi connectivity index (χ2v) is 13.7. The van der Waals surface area contributed by atoms with Gasteiger partial charge in [-0.3, -0.25) is 4.79 Å². The van der Waals surface area contributed by atoms with Crippen LogP contribution in [0.1, 0.15) is 86.2 Å². The maximum Gasteiger partial charge on any atom is 0.255 e. The number of allylic oxidation sites excluding steroid dienone is 2. The van der Waals surface area contributed by atoms with Crippen LogP contribution >= 0.6 is 22.6 Å². The number of amides is 1. The van der Waals surface area contributed by atoms with Gasteiger partial charge >= 0.3 is 0 Å². The largest absolute Gasteiger partial charge is 0.508 e. The molecule has 43 heavy (non-hydrogen) atoms. The van der Waals surface area contributed by atoms with Gasteiger partial charge in [0, 0.05) is 27.6 Å². The predicted molar refractivity (Wildman–Crippen MR) is 175 cm³/mol. The zero-order valence-electron chi connectivity index (χ0n) is 25.0. The summed E-state index contributed by atoms with van der Waals surface area (Å²) in [6.45, 7) is 7.31. The fourth-order valence-corrected chi connectivity index (χ4v) is 7.15. The van der Waals surface area contributed by atoms with E-state index in [-0.39, 0.29) is 17.1 Å². The lowest BCUT2D eigenvalue weighted by molar-refractivity contribution is 0.0705. The van der Waals surface area contributed by atoms with Crippen LogP contribution in [-0.4, -0.2) is 51.7 Å². The molecule has 0 bridgehead atoms. The highest BCUT2D eigenvalue weighted by Gasteiger charge is 2.42. The van der Waals surface area contributed by atoms with Crippen molar-refractivity contribution in [3.8, 4) is 5.75 Å². The molecule has 1 aromatic heterocycles. The molecule has 2 fully saturated rings. The van der Waals surface area contributed by atoms with Crippen molar-refractivity contribution in [3.63, 3.8) is 0 Å². The van der Waals surface area contributed by atoms with Gasteiger partial charge in [0.05, 0.1) is 31.0 Å². The highest BCUT2D eigenvalue weighted by Crippen LogP contribution is 2.50. The summed E-state index contributed by atoms with van der Waals surface area (Å²) in [6.07, 6.45) is 7.79. The Morgan fingerprint density at radius 3 is 2.84 bits per heavy atom. The Morgan fingerprint density at radius 1 is 1.21 bits per heavy atom. The normalized spacial score (nSPS) is 19.9. The van der Waals surface area contributed by atoms with E-state index in [4.69, 9.17) is 14.7 Å². The number of fused-ring (bicyclic) bond motifs is 2. The second kappa shape index (κ2) is 12.7. The van der Waals surface area contributed by atoms with Gasteiger partial charge < -0.3 is 19.6 Å². The molecule has 0 spiro atoms. The monoisotopic (exact) mass is 698 g/mol. The van der Waals surface area contributed by atoms with E-state index >= 15 is 0 Å². The van der Waals surface area contributed by atoms with Crippen LogP contribution < -0.4 is 4.90 Å². The van der Waals surface area contributed by atoms with Gasteiger partial charge in [0.2, 0.25) is 0 Å². The fraction of sp³-hybridized carbons (Fsp3) is 0.500. The van der Waals surface area contributed by atoms with Crippen molar-refractivity contribution in [2.45, 2.75) is 84.7 Å². The maximum atomic E-state index is 14.3. The minimum atomic E-state index is -0.803. The van der Waals surface area contributed by atoms with Crippen molar-refractivity contribution in [1.29, 1.82) is 0 Å². The lowest BCUT2D eigenvalue weighted by atomic mass is 9.98. The van der Waals surface area contributed by atoms with E-state index in [1.165, 1.54) is 18.4 Å². The smallest absolute Gasteiger partial charge is 0.255 e. The molecule has 0 radical (unpaired) electrons. The predicted octanol–water partition coefficient (Wildman–Crippen LogP) is 7.47. The number of anilines is 1. The molecule has 3 heterocycles. The van der Waals surface area contributed by atoms with Crippen LogP contribution in [0, 0.1) is 8.99 Å². The molecular weight excluding hydrogens is 658 g/mol. The summed E-state index contributed by atoms with van der Waals surface area (Å²) < 4.78 is 21.5. The molecule has 1 amide bonds. The molecule has 9 heteroatoms. The number of hydrogen-bond donors (Lipinski definition) is 1. The highest BCUT2D eigenvalue weighted by molar-refractivity contribution is 14.1. The third-order valence-corrected chi connectivity index (χ3v) is 10.2. The van der Waals surface area contributed by atoms with Crippen LogP contribution in [0.5, 0.6) is 5.75 Å². The first kappa shape index (κ1) is 30.2. The van der Waals surface area contributed by atoms with Crippen LogP contribution in [0.3, 0.4) is 0 Å².